The van der Waals surface area contributed by atoms with E-state index in [1.807, 2.05) is 31.2 Å². The van der Waals surface area contributed by atoms with E-state index < -0.39 is 0 Å². The molecular weight excluding hydrogens is 374 g/mol. The predicted molar refractivity (Wildman–Crippen MR) is 112 cm³/mol. The maximum Gasteiger partial charge on any atom is 0.336 e. The molecule has 2 heterocycles. The Hall–Kier alpha value is -2.30. The van der Waals surface area contributed by atoms with Crippen molar-refractivity contribution in [2.24, 2.45) is 0 Å². The Bertz CT molecular complexity index is 1060. The molecule has 3 aromatic rings. The molecule has 146 valence electrons. The molecule has 0 saturated carbocycles. The Labute approximate surface area is 169 Å². The van der Waals surface area contributed by atoms with Crippen LogP contribution >= 0.6 is 11.6 Å². The van der Waals surface area contributed by atoms with Gasteiger partial charge in [-0.1, -0.05) is 37.1 Å². The van der Waals surface area contributed by atoms with Gasteiger partial charge in [0.2, 0.25) is 0 Å². The van der Waals surface area contributed by atoms with E-state index in [0.717, 1.165) is 65.2 Å². The van der Waals surface area contributed by atoms with Crippen molar-refractivity contribution in [3.05, 3.63) is 74.1 Å². The molecule has 0 bridgehead atoms. The number of aryl methyl sites for hydroxylation is 2. The third-order valence-corrected chi connectivity index (χ3v) is 5.53. The van der Waals surface area contributed by atoms with E-state index in [1.54, 1.807) is 6.07 Å². The van der Waals surface area contributed by atoms with Gasteiger partial charge in [-0.3, -0.25) is 4.90 Å². The highest BCUT2D eigenvalue weighted by Gasteiger charge is 2.23. The summed E-state index contributed by atoms with van der Waals surface area (Å²) >= 11 is 5.99. The van der Waals surface area contributed by atoms with Crippen LogP contribution in [0.2, 0.25) is 5.02 Å². The van der Waals surface area contributed by atoms with Gasteiger partial charge in [0.1, 0.15) is 18.1 Å². The molecule has 0 amide bonds. The molecule has 0 spiro atoms. The van der Waals surface area contributed by atoms with Crippen LogP contribution < -0.4 is 10.4 Å². The van der Waals surface area contributed by atoms with Gasteiger partial charge in [0.05, 0.1) is 0 Å². The smallest absolute Gasteiger partial charge is 0.336 e. The van der Waals surface area contributed by atoms with Crippen molar-refractivity contribution in [1.82, 2.24) is 4.90 Å². The number of fused-ring (bicyclic) bond motifs is 2. The highest BCUT2D eigenvalue weighted by Crippen LogP contribution is 2.36. The van der Waals surface area contributed by atoms with Crippen molar-refractivity contribution in [1.29, 1.82) is 0 Å². The Morgan fingerprint density at radius 3 is 2.71 bits per heavy atom. The molecule has 1 aromatic heterocycles. The molecule has 2 aromatic carbocycles. The third-order valence-electron chi connectivity index (χ3n) is 5.28. The fourth-order valence-corrected chi connectivity index (χ4v) is 3.98. The summed E-state index contributed by atoms with van der Waals surface area (Å²) < 4.78 is 11.6. The fourth-order valence-electron chi connectivity index (χ4n) is 3.86. The largest absolute Gasteiger partial charge is 0.477 e. The van der Waals surface area contributed by atoms with Gasteiger partial charge < -0.3 is 9.15 Å². The second-order valence-corrected chi connectivity index (χ2v) is 7.88. The lowest BCUT2D eigenvalue weighted by atomic mass is 9.98. The summed E-state index contributed by atoms with van der Waals surface area (Å²) in [6, 6.07) is 11.7. The van der Waals surface area contributed by atoms with Gasteiger partial charge in [-0.25, -0.2) is 4.79 Å². The van der Waals surface area contributed by atoms with E-state index in [-0.39, 0.29) is 5.63 Å². The molecule has 0 aliphatic carbocycles. The van der Waals surface area contributed by atoms with E-state index in [9.17, 15) is 4.79 Å². The van der Waals surface area contributed by atoms with E-state index in [4.69, 9.17) is 20.8 Å². The van der Waals surface area contributed by atoms with Gasteiger partial charge in [0.15, 0.2) is 0 Å². The highest BCUT2D eigenvalue weighted by molar-refractivity contribution is 6.30. The zero-order valence-corrected chi connectivity index (χ0v) is 17.0. The summed E-state index contributed by atoms with van der Waals surface area (Å²) in [5.74, 6) is 0.843. The number of rotatable bonds is 5. The maximum absolute atomic E-state index is 12.0. The Morgan fingerprint density at radius 2 is 1.96 bits per heavy atom. The zero-order valence-electron chi connectivity index (χ0n) is 16.3. The predicted octanol–water partition coefficient (Wildman–Crippen LogP) is 5.45. The van der Waals surface area contributed by atoms with Crippen LogP contribution in [0.5, 0.6) is 5.75 Å². The van der Waals surface area contributed by atoms with Crippen molar-refractivity contribution in [3.8, 4) is 5.75 Å². The Kier molecular flexibility index (Phi) is 5.42. The minimum Gasteiger partial charge on any atom is -0.477 e. The van der Waals surface area contributed by atoms with E-state index >= 15 is 0 Å². The fraction of sp³-hybridized carbons (Fsp3) is 0.348. The van der Waals surface area contributed by atoms with Gasteiger partial charge in [0, 0.05) is 40.7 Å². The maximum atomic E-state index is 12.0. The number of benzene rings is 2. The molecule has 28 heavy (non-hydrogen) atoms. The van der Waals surface area contributed by atoms with Crippen LogP contribution in [0.25, 0.3) is 11.0 Å². The summed E-state index contributed by atoms with van der Waals surface area (Å²) in [5, 5.41) is 1.77. The highest BCUT2D eigenvalue weighted by atomic mass is 35.5. The SMILES string of the molecule is CCCCc1cc(=O)oc2c(C)c3c(cc12)CN(Cc1ccc(Cl)cc1)CO3. The van der Waals surface area contributed by atoms with Crippen LogP contribution in [0, 0.1) is 6.92 Å². The Morgan fingerprint density at radius 1 is 1.18 bits per heavy atom. The van der Waals surface area contributed by atoms with Crippen molar-refractivity contribution in [2.45, 2.75) is 46.2 Å². The lowest BCUT2D eigenvalue weighted by Crippen LogP contribution is -2.32. The number of hydrogen-bond donors (Lipinski definition) is 0. The van der Waals surface area contributed by atoms with Gasteiger partial charge in [-0.05, 0) is 49.1 Å². The monoisotopic (exact) mass is 397 g/mol. The first-order valence-corrected chi connectivity index (χ1v) is 10.1. The molecular formula is C23H24ClNO3. The number of ether oxygens (including phenoxy) is 1. The summed E-state index contributed by atoms with van der Waals surface area (Å²) in [4.78, 5) is 14.3. The minimum atomic E-state index is -0.290. The standard InChI is InChI=1S/C23H24ClNO3/c1-3-4-5-17-11-21(26)28-23-15(2)22-18(10-20(17)23)13-25(14-27-22)12-16-6-8-19(24)9-7-16/h6-11H,3-5,12-14H2,1-2H3. The average molecular weight is 398 g/mol. The van der Waals surface area contributed by atoms with Crippen LogP contribution in [0.3, 0.4) is 0 Å². The Balaban J connectivity index is 1.68. The molecule has 0 saturated heterocycles. The molecule has 1 aliphatic heterocycles. The molecule has 0 atom stereocenters. The molecule has 5 heteroatoms. The first kappa shape index (κ1) is 19.0. The van der Waals surface area contributed by atoms with Crippen molar-refractivity contribution in [3.63, 3.8) is 0 Å². The van der Waals surface area contributed by atoms with Crippen molar-refractivity contribution in [2.75, 3.05) is 6.73 Å². The summed E-state index contributed by atoms with van der Waals surface area (Å²) in [6.45, 7) is 6.22. The topological polar surface area (TPSA) is 42.7 Å². The average Bonchev–Trinajstić information content (AvgIpc) is 2.69. The molecule has 0 fully saturated rings. The van der Waals surface area contributed by atoms with Crippen LogP contribution in [0.4, 0.5) is 0 Å². The lowest BCUT2D eigenvalue weighted by molar-refractivity contribution is 0.0881. The van der Waals surface area contributed by atoms with E-state index in [0.29, 0.717) is 12.3 Å². The lowest BCUT2D eigenvalue weighted by Gasteiger charge is -2.30. The van der Waals surface area contributed by atoms with E-state index in [2.05, 4.69) is 17.9 Å². The number of hydrogen-bond acceptors (Lipinski definition) is 4. The normalized spacial score (nSPS) is 14.1. The van der Waals surface area contributed by atoms with E-state index in [1.165, 1.54) is 5.56 Å². The van der Waals surface area contributed by atoms with Gasteiger partial charge in [0.25, 0.3) is 0 Å². The summed E-state index contributed by atoms with van der Waals surface area (Å²) in [5.41, 5.74) is 4.67. The summed E-state index contributed by atoms with van der Waals surface area (Å²) in [6.07, 6.45) is 3.02. The van der Waals surface area contributed by atoms with Gasteiger partial charge >= 0.3 is 5.63 Å². The molecule has 4 rings (SSSR count). The molecule has 1 aliphatic rings. The second kappa shape index (κ2) is 7.98. The first-order valence-electron chi connectivity index (χ1n) is 9.74. The second-order valence-electron chi connectivity index (χ2n) is 7.45. The molecule has 0 unspecified atom stereocenters. The molecule has 4 nitrogen and oxygen atoms in total. The number of unbranched alkanes of at least 4 members (excludes halogenated alkanes) is 1. The van der Waals surface area contributed by atoms with Crippen LogP contribution in [0.15, 0.2) is 45.6 Å². The first-order chi connectivity index (χ1) is 13.5. The number of nitrogens with zero attached hydrogens (tertiary/aromatic N) is 1. The van der Waals surface area contributed by atoms with Crippen LogP contribution in [-0.2, 0) is 19.5 Å². The van der Waals surface area contributed by atoms with Crippen LogP contribution in [0.1, 0.15) is 42.0 Å². The summed E-state index contributed by atoms with van der Waals surface area (Å²) in [7, 11) is 0. The molecule has 0 N–H and O–H groups in total. The minimum absolute atomic E-state index is 0.290. The molecule has 0 radical (unpaired) electrons. The quantitative estimate of drug-likeness (QED) is 0.537. The van der Waals surface area contributed by atoms with Gasteiger partial charge in [-0.2, -0.15) is 0 Å². The van der Waals surface area contributed by atoms with Crippen molar-refractivity contribution < 1.29 is 9.15 Å². The van der Waals surface area contributed by atoms with Crippen molar-refractivity contribution >= 4 is 22.6 Å². The van der Waals surface area contributed by atoms with Crippen LogP contribution in [-0.4, -0.2) is 11.6 Å². The number of halogens is 1. The zero-order chi connectivity index (χ0) is 19.7. The van der Waals surface area contributed by atoms with Gasteiger partial charge in [-0.15, -0.1) is 0 Å². The third kappa shape index (κ3) is 3.80.